The van der Waals surface area contributed by atoms with Gasteiger partial charge in [0.1, 0.15) is 5.75 Å². The fourth-order valence-corrected chi connectivity index (χ4v) is 1.92. The topological polar surface area (TPSA) is 61.7 Å². The van der Waals surface area contributed by atoms with E-state index in [1.807, 2.05) is 31.2 Å². The first-order valence-corrected chi connectivity index (χ1v) is 6.75. The quantitative estimate of drug-likeness (QED) is 0.673. The zero-order valence-electron chi connectivity index (χ0n) is 11.7. The van der Waals surface area contributed by atoms with Crippen molar-refractivity contribution < 1.29 is 9.90 Å². The zero-order valence-corrected chi connectivity index (χ0v) is 12.5. The number of rotatable bonds is 3. The van der Waals surface area contributed by atoms with Crippen molar-refractivity contribution in [2.24, 2.45) is 5.10 Å². The number of aryl methyl sites for hydroxylation is 1. The van der Waals surface area contributed by atoms with Crippen LogP contribution in [0, 0.1) is 6.92 Å². The molecule has 5 heteroatoms. The predicted molar refractivity (Wildman–Crippen MR) is 84.0 cm³/mol. The highest BCUT2D eigenvalue weighted by Gasteiger charge is 2.11. The standard InChI is InChI=1S/C16H15ClN2O2/c1-10-3-5-12(6-4-10)11(2)18-19-16(21)14-9-13(17)7-8-15(14)20/h3-9,20H,1-2H3,(H,19,21)/b18-11-. The van der Waals surface area contributed by atoms with Crippen LogP contribution in [0.25, 0.3) is 0 Å². The number of carbonyl (C=O) groups is 1. The SMILES string of the molecule is C/C(=N/NC(=O)c1cc(Cl)ccc1O)c1ccc(C)cc1. The molecule has 1 amide bonds. The van der Waals surface area contributed by atoms with Crippen LogP contribution in [-0.2, 0) is 0 Å². The summed E-state index contributed by atoms with van der Waals surface area (Å²) in [6.45, 7) is 3.79. The minimum absolute atomic E-state index is 0.0861. The van der Waals surface area contributed by atoms with Crippen LogP contribution >= 0.6 is 11.6 Å². The van der Waals surface area contributed by atoms with Crippen molar-refractivity contribution in [3.05, 3.63) is 64.2 Å². The van der Waals surface area contributed by atoms with Crippen LogP contribution in [-0.4, -0.2) is 16.7 Å². The van der Waals surface area contributed by atoms with Crippen molar-refractivity contribution in [3.63, 3.8) is 0 Å². The largest absolute Gasteiger partial charge is 0.507 e. The molecule has 0 aliphatic carbocycles. The molecule has 0 radical (unpaired) electrons. The Hall–Kier alpha value is -2.33. The maximum atomic E-state index is 12.0. The zero-order chi connectivity index (χ0) is 15.4. The number of benzene rings is 2. The molecule has 4 nitrogen and oxygen atoms in total. The number of nitrogens with one attached hydrogen (secondary N) is 1. The summed E-state index contributed by atoms with van der Waals surface area (Å²) < 4.78 is 0. The number of aromatic hydroxyl groups is 1. The van der Waals surface area contributed by atoms with Crippen LogP contribution in [0.2, 0.25) is 5.02 Å². The van der Waals surface area contributed by atoms with Crippen LogP contribution in [0.15, 0.2) is 47.6 Å². The predicted octanol–water partition coefficient (Wildman–Crippen LogP) is 3.51. The van der Waals surface area contributed by atoms with Gasteiger partial charge in [-0.05, 0) is 37.6 Å². The summed E-state index contributed by atoms with van der Waals surface area (Å²) in [4.78, 5) is 12.0. The molecule has 0 fully saturated rings. The van der Waals surface area contributed by atoms with Crippen molar-refractivity contribution in [1.29, 1.82) is 0 Å². The summed E-state index contributed by atoms with van der Waals surface area (Å²) in [7, 11) is 0. The maximum Gasteiger partial charge on any atom is 0.275 e. The molecule has 0 saturated heterocycles. The van der Waals surface area contributed by atoms with E-state index in [1.54, 1.807) is 6.92 Å². The molecule has 0 heterocycles. The van der Waals surface area contributed by atoms with E-state index in [9.17, 15) is 9.90 Å². The van der Waals surface area contributed by atoms with Crippen LogP contribution in [0.5, 0.6) is 5.75 Å². The van der Waals surface area contributed by atoms with Crippen molar-refractivity contribution >= 4 is 23.2 Å². The third-order valence-corrected chi connectivity index (χ3v) is 3.23. The van der Waals surface area contributed by atoms with Crippen LogP contribution in [0.3, 0.4) is 0 Å². The minimum Gasteiger partial charge on any atom is -0.507 e. The molecule has 2 aromatic carbocycles. The number of amides is 1. The average Bonchev–Trinajstić information content (AvgIpc) is 2.47. The first-order chi connectivity index (χ1) is 9.97. The van der Waals surface area contributed by atoms with Gasteiger partial charge in [-0.3, -0.25) is 4.79 Å². The van der Waals surface area contributed by atoms with E-state index in [0.717, 1.165) is 11.1 Å². The molecule has 0 aliphatic heterocycles. The van der Waals surface area contributed by atoms with Crippen molar-refractivity contribution in [1.82, 2.24) is 5.43 Å². The van der Waals surface area contributed by atoms with Crippen molar-refractivity contribution in [2.45, 2.75) is 13.8 Å². The highest BCUT2D eigenvalue weighted by molar-refractivity contribution is 6.31. The van der Waals surface area contributed by atoms with Gasteiger partial charge < -0.3 is 5.11 Å². The molecular weight excluding hydrogens is 288 g/mol. The van der Waals surface area contributed by atoms with Gasteiger partial charge in [0.05, 0.1) is 11.3 Å². The molecule has 0 atom stereocenters. The first kappa shape index (κ1) is 15.1. The molecule has 2 N–H and O–H groups in total. The van der Waals surface area contributed by atoms with E-state index in [4.69, 9.17) is 11.6 Å². The number of hydrazone groups is 1. The Kier molecular flexibility index (Phi) is 4.60. The van der Waals surface area contributed by atoms with Crippen LogP contribution in [0.4, 0.5) is 0 Å². The number of phenolic OH excluding ortho intramolecular Hbond substituents is 1. The van der Waals surface area contributed by atoms with Gasteiger partial charge in [0, 0.05) is 5.02 Å². The van der Waals surface area contributed by atoms with Crippen LogP contribution in [0.1, 0.15) is 28.4 Å². The van der Waals surface area contributed by atoms with Crippen molar-refractivity contribution in [3.8, 4) is 5.75 Å². The average molecular weight is 303 g/mol. The second kappa shape index (κ2) is 6.41. The molecule has 0 spiro atoms. The van der Waals surface area contributed by atoms with Gasteiger partial charge in [0.15, 0.2) is 0 Å². The van der Waals surface area contributed by atoms with Gasteiger partial charge in [0.2, 0.25) is 0 Å². The number of hydrogen-bond donors (Lipinski definition) is 2. The number of phenols is 1. The van der Waals surface area contributed by atoms with E-state index in [1.165, 1.54) is 18.2 Å². The van der Waals surface area contributed by atoms with Gasteiger partial charge in [-0.2, -0.15) is 5.10 Å². The normalized spacial score (nSPS) is 11.3. The Balaban J connectivity index is 2.14. The monoisotopic (exact) mass is 302 g/mol. The Morgan fingerprint density at radius 1 is 1.19 bits per heavy atom. The molecule has 2 rings (SSSR count). The van der Waals surface area contributed by atoms with E-state index in [-0.39, 0.29) is 11.3 Å². The maximum absolute atomic E-state index is 12.0. The lowest BCUT2D eigenvalue weighted by atomic mass is 10.1. The second-order valence-electron chi connectivity index (χ2n) is 4.67. The first-order valence-electron chi connectivity index (χ1n) is 6.37. The number of hydrogen-bond acceptors (Lipinski definition) is 3. The summed E-state index contributed by atoms with van der Waals surface area (Å²) in [6, 6.07) is 12.1. The Labute approximate surface area is 128 Å². The summed E-state index contributed by atoms with van der Waals surface area (Å²) in [5.74, 6) is -0.651. The lowest BCUT2D eigenvalue weighted by molar-refractivity contribution is 0.0952. The Morgan fingerprint density at radius 2 is 1.86 bits per heavy atom. The third kappa shape index (κ3) is 3.83. The molecule has 0 aromatic heterocycles. The molecule has 0 bridgehead atoms. The molecule has 108 valence electrons. The van der Waals surface area contributed by atoms with Gasteiger partial charge in [-0.25, -0.2) is 5.43 Å². The molecule has 0 saturated carbocycles. The van der Waals surface area contributed by atoms with Gasteiger partial charge >= 0.3 is 0 Å². The summed E-state index contributed by atoms with van der Waals surface area (Å²) >= 11 is 5.81. The van der Waals surface area contributed by atoms with E-state index < -0.39 is 5.91 Å². The minimum atomic E-state index is -0.513. The van der Waals surface area contributed by atoms with Crippen LogP contribution < -0.4 is 5.43 Å². The van der Waals surface area contributed by atoms with E-state index in [2.05, 4.69) is 10.5 Å². The third-order valence-electron chi connectivity index (χ3n) is 3.00. The number of halogens is 1. The number of nitrogens with zero attached hydrogens (tertiary/aromatic N) is 1. The molecule has 2 aromatic rings. The fourth-order valence-electron chi connectivity index (χ4n) is 1.74. The molecule has 21 heavy (non-hydrogen) atoms. The summed E-state index contributed by atoms with van der Waals surface area (Å²) in [5.41, 5.74) is 5.23. The molecule has 0 aliphatic rings. The van der Waals surface area contributed by atoms with E-state index in [0.29, 0.717) is 10.7 Å². The Bertz CT molecular complexity index is 694. The molecular formula is C16H15ClN2O2. The molecule has 0 unspecified atom stereocenters. The fraction of sp³-hybridized carbons (Fsp3) is 0.125. The van der Waals surface area contributed by atoms with E-state index >= 15 is 0 Å². The summed E-state index contributed by atoms with van der Waals surface area (Å²) in [6.07, 6.45) is 0. The van der Waals surface area contributed by atoms with Crippen molar-refractivity contribution in [2.75, 3.05) is 0 Å². The smallest absolute Gasteiger partial charge is 0.275 e. The number of carbonyl (C=O) groups excluding carboxylic acids is 1. The highest BCUT2D eigenvalue weighted by Crippen LogP contribution is 2.21. The highest BCUT2D eigenvalue weighted by atomic mass is 35.5. The van der Waals surface area contributed by atoms with Gasteiger partial charge in [-0.15, -0.1) is 0 Å². The van der Waals surface area contributed by atoms with Gasteiger partial charge in [-0.1, -0.05) is 41.4 Å². The lowest BCUT2D eigenvalue weighted by Crippen LogP contribution is -2.19. The summed E-state index contributed by atoms with van der Waals surface area (Å²) in [5, 5.41) is 14.1. The Morgan fingerprint density at radius 3 is 2.52 bits per heavy atom. The lowest BCUT2D eigenvalue weighted by Gasteiger charge is -2.05. The van der Waals surface area contributed by atoms with Gasteiger partial charge in [0.25, 0.3) is 5.91 Å². The second-order valence-corrected chi connectivity index (χ2v) is 5.10.